The number of hydrogen-bond acceptors (Lipinski definition) is 4. The highest BCUT2D eigenvalue weighted by Crippen LogP contribution is 2.45. The highest BCUT2D eigenvalue weighted by molar-refractivity contribution is 5.05. The van der Waals surface area contributed by atoms with E-state index in [9.17, 15) is 0 Å². The molecule has 1 aliphatic carbocycles. The van der Waals surface area contributed by atoms with Gasteiger partial charge in [-0.3, -0.25) is 0 Å². The van der Waals surface area contributed by atoms with Crippen molar-refractivity contribution in [3.8, 4) is 0 Å². The topological polar surface area (TPSA) is 39.7 Å². The first-order valence-electron chi connectivity index (χ1n) is 7.68. The lowest BCUT2D eigenvalue weighted by atomic mass is 9.67. The predicted octanol–water partition coefficient (Wildman–Crippen LogP) is 1.73. The lowest BCUT2D eigenvalue weighted by Crippen LogP contribution is -2.61. The number of ether oxygens (including phenoxy) is 3. The monoisotopic (exact) mass is 269 g/mol. The average Bonchev–Trinajstić information content (AvgIpc) is 2.81. The minimum atomic E-state index is -0.00328. The summed E-state index contributed by atoms with van der Waals surface area (Å²) >= 11 is 0. The molecule has 0 aromatic rings. The van der Waals surface area contributed by atoms with E-state index in [0.29, 0.717) is 12.0 Å². The summed E-state index contributed by atoms with van der Waals surface area (Å²) in [7, 11) is 3.95. The van der Waals surface area contributed by atoms with Crippen LogP contribution in [-0.2, 0) is 14.2 Å². The Kier molecular flexibility index (Phi) is 3.87. The summed E-state index contributed by atoms with van der Waals surface area (Å²) in [6, 6.07) is 0.452. The molecule has 1 N–H and O–H groups in total. The van der Waals surface area contributed by atoms with Crippen LogP contribution < -0.4 is 5.32 Å². The van der Waals surface area contributed by atoms with Crippen LogP contribution in [0.3, 0.4) is 0 Å². The maximum Gasteiger partial charge on any atom is 0.0939 e. The van der Waals surface area contributed by atoms with Crippen molar-refractivity contribution < 1.29 is 14.2 Å². The number of rotatable bonds is 4. The summed E-state index contributed by atoms with van der Waals surface area (Å²) in [6.07, 6.45) is 6.98. The van der Waals surface area contributed by atoms with Crippen LogP contribution >= 0.6 is 0 Å². The van der Waals surface area contributed by atoms with E-state index in [1.165, 1.54) is 19.3 Å². The number of hydrogen-bond donors (Lipinski definition) is 1. The van der Waals surface area contributed by atoms with Crippen LogP contribution in [0.2, 0.25) is 0 Å². The van der Waals surface area contributed by atoms with Gasteiger partial charge in [0.2, 0.25) is 0 Å². The second-order valence-electron chi connectivity index (χ2n) is 6.48. The summed E-state index contributed by atoms with van der Waals surface area (Å²) in [6.45, 7) is 2.50. The maximum absolute atomic E-state index is 6.06. The molecule has 0 radical (unpaired) electrons. The van der Waals surface area contributed by atoms with Gasteiger partial charge in [-0.2, -0.15) is 0 Å². The van der Waals surface area contributed by atoms with Gasteiger partial charge in [0.1, 0.15) is 0 Å². The minimum Gasteiger partial charge on any atom is -0.378 e. The Bertz CT molecular complexity index is 305. The van der Waals surface area contributed by atoms with Crippen molar-refractivity contribution in [2.75, 3.05) is 34.0 Å². The Labute approximate surface area is 116 Å². The Morgan fingerprint density at radius 3 is 2.63 bits per heavy atom. The fourth-order valence-corrected chi connectivity index (χ4v) is 4.31. The molecule has 0 bridgehead atoms. The van der Waals surface area contributed by atoms with Crippen molar-refractivity contribution >= 4 is 0 Å². The normalized spacial score (nSPS) is 39.2. The van der Waals surface area contributed by atoms with Crippen LogP contribution in [0.1, 0.15) is 38.5 Å². The zero-order valence-electron chi connectivity index (χ0n) is 12.2. The van der Waals surface area contributed by atoms with E-state index in [-0.39, 0.29) is 11.2 Å². The summed E-state index contributed by atoms with van der Waals surface area (Å²) in [5, 5.41) is 3.55. The summed E-state index contributed by atoms with van der Waals surface area (Å²) < 4.78 is 17.5. The van der Waals surface area contributed by atoms with Gasteiger partial charge in [0.05, 0.1) is 17.8 Å². The molecular weight excluding hydrogens is 242 g/mol. The van der Waals surface area contributed by atoms with Gasteiger partial charge in [0.15, 0.2) is 0 Å². The molecule has 19 heavy (non-hydrogen) atoms. The molecule has 3 rings (SSSR count). The molecule has 1 spiro atoms. The molecule has 0 amide bonds. The molecule has 0 aromatic carbocycles. The summed E-state index contributed by atoms with van der Waals surface area (Å²) in [4.78, 5) is 0. The average molecular weight is 269 g/mol. The predicted molar refractivity (Wildman–Crippen MR) is 73.3 cm³/mol. The Hall–Kier alpha value is -0.160. The molecule has 2 heterocycles. The van der Waals surface area contributed by atoms with Gasteiger partial charge in [-0.15, -0.1) is 0 Å². The first-order chi connectivity index (χ1) is 9.24. The van der Waals surface area contributed by atoms with Gasteiger partial charge in [0, 0.05) is 32.8 Å². The first-order valence-corrected chi connectivity index (χ1v) is 7.68. The Balaban J connectivity index is 1.72. The van der Waals surface area contributed by atoms with Gasteiger partial charge >= 0.3 is 0 Å². The number of likely N-dealkylation sites (N-methyl/N-ethyl adjacent to an activating group) is 1. The fraction of sp³-hybridized carbons (Fsp3) is 1.00. The van der Waals surface area contributed by atoms with Crippen LogP contribution in [0, 0.1) is 5.92 Å². The lowest BCUT2D eigenvalue weighted by Gasteiger charge is -2.51. The molecule has 3 unspecified atom stereocenters. The van der Waals surface area contributed by atoms with Gasteiger partial charge < -0.3 is 19.5 Å². The van der Waals surface area contributed by atoms with Crippen LogP contribution in [0.5, 0.6) is 0 Å². The van der Waals surface area contributed by atoms with E-state index in [0.717, 1.165) is 39.1 Å². The van der Waals surface area contributed by atoms with E-state index in [1.807, 2.05) is 7.11 Å². The Morgan fingerprint density at radius 1 is 1.26 bits per heavy atom. The number of methoxy groups -OCH3 is 1. The third-order valence-electron chi connectivity index (χ3n) is 5.55. The molecule has 3 aliphatic rings. The lowest BCUT2D eigenvalue weighted by molar-refractivity contribution is -0.147. The van der Waals surface area contributed by atoms with Crippen molar-refractivity contribution in [3.63, 3.8) is 0 Å². The maximum atomic E-state index is 6.06. The zero-order valence-corrected chi connectivity index (χ0v) is 12.2. The van der Waals surface area contributed by atoms with Crippen molar-refractivity contribution in [1.29, 1.82) is 0 Å². The van der Waals surface area contributed by atoms with Gasteiger partial charge in [0.25, 0.3) is 0 Å². The van der Waals surface area contributed by atoms with Crippen LogP contribution in [0.25, 0.3) is 0 Å². The van der Waals surface area contributed by atoms with Crippen LogP contribution in [0.15, 0.2) is 0 Å². The standard InChI is InChI=1S/C15H27NO3/c1-16-13(15(17-2)5-3-6-15)12-4-8-19-14(10-12)7-9-18-11-14/h12-13,16H,3-11H2,1-2H3. The van der Waals surface area contributed by atoms with Crippen LogP contribution in [-0.4, -0.2) is 51.2 Å². The van der Waals surface area contributed by atoms with E-state index in [4.69, 9.17) is 14.2 Å². The van der Waals surface area contributed by atoms with Crippen molar-refractivity contribution in [2.45, 2.75) is 55.8 Å². The summed E-state index contributed by atoms with van der Waals surface area (Å²) in [5.41, 5.74) is 0.0636. The van der Waals surface area contributed by atoms with Gasteiger partial charge in [-0.05, 0) is 45.1 Å². The highest BCUT2D eigenvalue weighted by atomic mass is 16.6. The summed E-state index contributed by atoms with van der Waals surface area (Å²) in [5.74, 6) is 0.640. The molecular formula is C15H27NO3. The number of nitrogens with one attached hydrogen (secondary N) is 1. The second kappa shape index (κ2) is 5.32. The van der Waals surface area contributed by atoms with Crippen molar-refractivity contribution in [1.82, 2.24) is 5.32 Å². The molecule has 3 fully saturated rings. The SMILES string of the molecule is CNC(C1CCOC2(CCOC2)C1)C1(OC)CCC1. The molecule has 4 heteroatoms. The van der Waals surface area contributed by atoms with Gasteiger partial charge in [-0.25, -0.2) is 0 Å². The molecule has 3 atom stereocenters. The van der Waals surface area contributed by atoms with E-state index >= 15 is 0 Å². The molecule has 2 saturated heterocycles. The fourth-order valence-electron chi connectivity index (χ4n) is 4.31. The van der Waals surface area contributed by atoms with E-state index in [2.05, 4.69) is 12.4 Å². The smallest absolute Gasteiger partial charge is 0.0939 e. The Morgan fingerprint density at radius 2 is 2.11 bits per heavy atom. The minimum absolute atomic E-state index is 0.00328. The second-order valence-corrected chi connectivity index (χ2v) is 6.48. The third kappa shape index (κ3) is 2.33. The highest BCUT2D eigenvalue weighted by Gasteiger charge is 2.51. The quantitative estimate of drug-likeness (QED) is 0.844. The first kappa shape index (κ1) is 13.8. The molecule has 110 valence electrons. The van der Waals surface area contributed by atoms with Crippen molar-refractivity contribution in [2.24, 2.45) is 5.92 Å². The largest absolute Gasteiger partial charge is 0.378 e. The molecule has 0 aromatic heterocycles. The molecule has 2 aliphatic heterocycles. The molecule has 1 saturated carbocycles. The van der Waals surface area contributed by atoms with Gasteiger partial charge in [-0.1, -0.05) is 0 Å². The molecule has 4 nitrogen and oxygen atoms in total. The van der Waals surface area contributed by atoms with E-state index in [1.54, 1.807) is 0 Å². The van der Waals surface area contributed by atoms with Crippen LogP contribution in [0.4, 0.5) is 0 Å². The van der Waals surface area contributed by atoms with Crippen molar-refractivity contribution in [3.05, 3.63) is 0 Å². The zero-order chi connectivity index (χ0) is 13.3. The van der Waals surface area contributed by atoms with E-state index < -0.39 is 0 Å². The third-order valence-corrected chi connectivity index (χ3v) is 5.55.